The van der Waals surface area contributed by atoms with Crippen LogP contribution < -0.4 is 10.6 Å². The summed E-state index contributed by atoms with van der Waals surface area (Å²) in [5, 5.41) is 0. The standard InChI is InChI=1S/C8H13N3/c1-6-8(9)7(11(2)3)4-5-10-6/h4-5H,9H2,1-3H3. The molecule has 0 saturated heterocycles. The summed E-state index contributed by atoms with van der Waals surface area (Å²) in [5.74, 6) is 0. The first kappa shape index (κ1) is 7.85. The second kappa shape index (κ2) is 2.78. The van der Waals surface area contributed by atoms with Gasteiger partial charge in [-0.2, -0.15) is 0 Å². The van der Waals surface area contributed by atoms with Gasteiger partial charge in [0.05, 0.1) is 17.1 Å². The van der Waals surface area contributed by atoms with Crippen molar-refractivity contribution in [3.8, 4) is 0 Å². The number of rotatable bonds is 1. The summed E-state index contributed by atoms with van der Waals surface area (Å²) in [5.41, 5.74) is 8.45. The minimum atomic E-state index is 0.762. The van der Waals surface area contributed by atoms with Crippen molar-refractivity contribution in [2.45, 2.75) is 6.92 Å². The molecule has 0 aliphatic rings. The SMILES string of the molecule is Cc1nccc(N(C)C)c1N. The maximum atomic E-state index is 5.78. The van der Waals surface area contributed by atoms with Crippen LogP contribution >= 0.6 is 0 Å². The molecule has 60 valence electrons. The summed E-state index contributed by atoms with van der Waals surface area (Å²) in [7, 11) is 3.93. The third kappa shape index (κ3) is 1.42. The topological polar surface area (TPSA) is 42.2 Å². The van der Waals surface area contributed by atoms with E-state index in [4.69, 9.17) is 5.73 Å². The van der Waals surface area contributed by atoms with E-state index in [1.807, 2.05) is 32.0 Å². The molecule has 0 aliphatic carbocycles. The minimum absolute atomic E-state index is 0.762. The number of hydrogen-bond acceptors (Lipinski definition) is 3. The van der Waals surface area contributed by atoms with Gasteiger partial charge in [-0.25, -0.2) is 0 Å². The highest BCUT2D eigenvalue weighted by molar-refractivity contribution is 5.68. The Labute approximate surface area is 66.8 Å². The summed E-state index contributed by atoms with van der Waals surface area (Å²) < 4.78 is 0. The Hall–Kier alpha value is -1.25. The van der Waals surface area contributed by atoms with Crippen LogP contribution in [0.3, 0.4) is 0 Å². The summed E-state index contributed by atoms with van der Waals surface area (Å²) in [6.45, 7) is 1.91. The average Bonchev–Trinajstić information content (AvgIpc) is 1.94. The Bertz CT molecular complexity index is 256. The minimum Gasteiger partial charge on any atom is -0.396 e. The summed E-state index contributed by atoms with van der Waals surface area (Å²) in [6, 6.07) is 1.91. The van der Waals surface area contributed by atoms with E-state index in [1.165, 1.54) is 0 Å². The van der Waals surface area contributed by atoms with Gasteiger partial charge in [0.2, 0.25) is 0 Å². The number of anilines is 2. The predicted molar refractivity (Wildman–Crippen MR) is 47.7 cm³/mol. The average molecular weight is 151 g/mol. The molecule has 0 aliphatic heterocycles. The van der Waals surface area contributed by atoms with Crippen LogP contribution in [0, 0.1) is 6.92 Å². The lowest BCUT2D eigenvalue weighted by molar-refractivity contribution is 1.10. The first-order valence-electron chi connectivity index (χ1n) is 3.51. The first-order chi connectivity index (χ1) is 5.13. The molecule has 0 radical (unpaired) electrons. The maximum Gasteiger partial charge on any atom is 0.0767 e. The summed E-state index contributed by atoms with van der Waals surface area (Å²) >= 11 is 0. The van der Waals surface area contributed by atoms with Crippen LogP contribution in [-0.4, -0.2) is 19.1 Å². The Morgan fingerprint density at radius 3 is 2.55 bits per heavy atom. The molecule has 0 spiro atoms. The van der Waals surface area contributed by atoms with E-state index in [1.54, 1.807) is 6.20 Å². The zero-order chi connectivity index (χ0) is 8.43. The molecule has 0 fully saturated rings. The zero-order valence-corrected chi connectivity index (χ0v) is 7.13. The number of hydrogen-bond donors (Lipinski definition) is 1. The van der Waals surface area contributed by atoms with Crippen molar-refractivity contribution in [2.24, 2.45) is 0 Å². The Morgan fingerprint density at radius 1 is 1.45 bits per heavy atom. The zero-order valence-electron chi connectivity index (χ0n) is 7.13. The molecule has 1 rings (SSSR count). The number of aryl methyl sites for hydroxylation is 1. The monoisotopic (exact) mass is 151 g/mol. The quantitative estimate of drug-likeness (QED) is 0.652. The van der Waals surface area contributed by atoms with Crippen LogP contribution in [0.25, 0.3) is 0 Å². The molecule has 0 bridgehead atoms. The molecule has 1 heterocycles. The molecule has 0 unspecified atom stereocenters. The molecule has 0 atom stereocenters. The fourth-order valence-electron chi connectivity index (χ4n) is 0.954. The van der Waals surface area contributed by atoms with Crippen molar-refractivity contribution in [2.75, 3.05) is 24.7 Å². The fraction of sp³-hybridized carbons (Fsp3) is 0.375. The van der Waals surface area contributed by atoms with Crippen LogP contribution in [0.1, 0.15) is 5.69 Å². The number of nitrogen functional groups attached to an aromatic ring is 1. The molecule has 0 aromatic carbocycles. The van der Waals surface area contributed by atoms with E-state index < -0.39 is 0 Å². The normalized spacial score (nSPS) is 9.73. The van der Waals surface area contributed by atoms with Crippen LogP contribution in [0.15, 0.2) is 12.3 Å². The Balaban J connectivity index is 3.17. The van der Waals surface area contributed by atoms with Gasteiger partial charge in [0.15, 0.2) is 0 Å². The molecule has 11 heavy (non-hydrogen) atoms. The lowest BCUT2D eigenvalue weighted by atomic mass is 10.2. The van der Waals surface area contributed by atoms with Crippen molar-refractivity contribution in [1.82, 2.24) is 4.98 Å². The van der Waals surface area contributed by atoms with E-state index in [0.29, 0.717) is 0 Å². The van der Waals surface area contributed by atoms with E-state index in [-0.39, 0.29) is 0 Å². The summed E-state index contributed by atoms with van der Waals surface area (Å²) in [6.07, 6.45) is 1.76. The third-order valence-corrected chi connectivity index (χ3v) is 1.65. The van der Waals surface area contributed by atoms with Crippen LogP contribution in [0.4, 0.5) is 11.4 Å². The van der Waals surface area contributed by atoms with Gasteiger partial charge >= 0.3 is 0 Å². The van der Waals surface area contributed by atoms with Crippen molar-refractivity contribution in [3.05, 3.63) is 18.0 Å². The molecular formula is C8H13N3. The first-order valence-corrected chi connectivity index (χ1v) is 3.51. The van der Waals surface area contributed by atoms with E-state index >= 15 is 0 Å². The van der Waals surface area contributed by atoms with Gasteiger partial charge in [-0.1, -0.05) is 0 Å². The molecule has 3 heteroatoms. The molecule has 1 aromatic heterocycles. The molecule has 0 amide bonds. The summed E-state index contributed by atoms with van der Waals surface area (Å²) in [4.78, 5) is 6.05. The highest BCUT2D eigenvalue weighted by atomic mass is 15.1. The Kier molecular flexibility index (Phi) is 1.98. The van der Waals surface area contributed by atoms with Crippen molar-refractivity contribution in [1.29, 1.82) is 0 Å². The predicted octanol–water partition coefficient (Wildman–Crippen LogP) is 1.04. The van der Waals surface area contributed by atoms with Gasteiger partial charge in [0, 0.05) is 20.3 Å². The van der Waals surface area contributed by atoms with Crippen LogP contribution in [-0.2, 0) is 0 Å². The second-order valence-corrected chi connectivity index (χ2v) is 2.72. The lowest BCUT2D eigenvalue weighted by Gasteiger charge is -2.15. The molecule has 3 nitrogen and oxygen atoms in total. The fourth-order valence-corrected chi connectivity index (χ4v) is 0.954. The van der Waals surface area contributed by atoms with Crippen molar-refractivity contribution < 1.29 is 0 Å². The molecule has 1 aromatic rings. The van der Waals surface area contributed by atoms with Crippen molar-refractivity contribution in [3.63, 3.8) is 0 Å². The van der Waals surface area contributed by atoms with Gasteiger partial charge in [-0.15, -0.1) is 0 Å². The smallest absolute Gasteiger partial charge is 0.0767 e. The largest absolute Gasteiger partial charge is 0.396 e. The van der Waals surface area contributed by atoms with Crippen molar-refractivity contribution >= 4 is 11.4 Å². The Morgan fingerprint density at radius 2 is 2.09 bits per heavy atom. The van der Waals surface area contributed by atoms with Gasteiger partial charge in [-0.05, 0) is 13.0 Å². The van der Waals surface area contributed by atoms with Crippen LogP contribution in [0.5, 0.6) is 0 Å². The molecular weight excluding hydrogens is 138 g/mol. The third-order valence-electron chi connectivity index (χ3n) is 1.65. The van der Waals surface area contributed by atoms with Crippen LogP contribution in [0.2, 0.25) is 0 Å². The van der Waals surface area contributed by atoms with E-state index in [9.17, 15) is 0 Å². The van der Waals surface area contributed by atoms with Gasteiger partial charge in [0.25, 0.3) is 0 Å². The molecule has 2 N–H and O–H groups in total. The van der Waals surface area contributed by atoms with E-state index in [2.05, 4.69) is 4.98 Å². The number of pyridine rings is 1. The molecule has 0 saturated carbocycles. The maximum absolute atomic E-state index is 5.78. The number of nitrogens with two attached hydrogens (primary N) is 1. The van der Waals surface area contributed by atoms with Gasteiger partial charge in [-0.3, -0.25) is 4.98 Å². The second-order valence-electron chi connectivity index (χ2n) is 2.72. The number of aromatic nitrogens is 1. The lowest BCUT2D eigenvalue weighted by Crippen LogP contribution is -2.12. The number of nitrogens with zero attached hydrogens (tertiary/aromatic N) is 2. The van der Waals surface area contributed by atoms with E-state index in [0.717, 1.165) is 17.1 Å². The highest BCUT2D eigenvalue weighted by Crippen LogP contribution is 2.21. The highest BCUT2D eigenvalue weighted by Gasteiger charge is 2.02. The van der Waals surface area contributed by atoms with Gasteiger partial charge < -0.3 is 10.6 Å². The van der Waals surface area contributed by atoms with Gasteiger partial charge in [0.1, 0.15) is 0 Å².